The van der Waals surface area contributed by atoms with Crippen LogP contribution in [0.25, 0.3) is 10.9 Å². The molecule has 1 aromatic carbocycles. The van der Waals surface area contributed by atoms with Crippen molar-refractivity contribution in [2.45, 2.75) is 31.2 Å². The first-order chi connectivity index (χ1) is 10.3. The number of hydrogen-bond acceptors (Lipinski definition) is 3. The van der Waals surface area contributed by atoms with Crippen molar-refractivity contribution in [3.8, 4) is 0 Å². The number of aromatic nitrogens is 1. The van der Waals surface area contributed by atoms with Gasteiger partial charge in [-0.25, -0.2) is 0 Å². The standard InChI is InChI=1S/C17H20N2O2/c1-2-4-14-13(3-1)11-15-16-12-17(20-9-10-21-17)5-6-18(16)7-8-19(14)15/h1-4,11,16H,5-10,12H2. The first-order valence-corrected chi connectivity index (χ1v) is 7.95. The molecule has 2 fully saturated rings. The lowest BCUT2D eigenvalue weighted by molar-refractivity contribution is -0.200. The molecule has 1 atom stereocenters. The Labute approximate surface area is 124 Å². The van der Waals surface area contributed by atoms with Crippen LogP contribution in [-0.4, -0.2) is 41.6 Å². The van der Waals surface area contributed by atoms with Gasteiger partial charge in [0.2, 0.25) is 0 Å². The molecule has 0 N–H and O–H groups in total. The fourth-order valence-corrected chi connectivity index (χ4v) is 4.30. The molecule has 0 saturated carbocycles. The van der Waals surface area contributed by atoms with Gasteiger partial charge in [-0.05, 0) is 17.5 Å². The molecule has 1 unspecified atom stereocenters. The Bertz CT molecular complexity index is 687. The van der Waals surface area contributed by atoms with E-state index < -0.39 is 0 Å². The molecule has 0 aliphatic carbocycles. The fourth-order valence-electron chi connectivity index (χ4n) is 4.30. The lowest BCUT2D eigenvalue weighted by atomic mass is 9.92. The summed E-state index contributed by atoms with van der Waals surface area (Å²) in [5.41, 5.74) is 2.79. The minimum atomic E-state index is -0.320. The predicted molar refractivity (Wildman–Crippen MR) is 80.1 cm³/mol. The van der Waals surface area contributed by atoms with Gasteiger partial charge in [0.1, 0.15) is 0 Å². The van der Waals surface area contributed by atoms with Crippen molar-refractivity contribution in [3.05, 3.63) is 36.0 Å². The summed E-state index contributed by atoms with van der Waals surface area (Å²) in [5, 5.41) is 1.35. The molecule has 110 valence electrons. The van der Waals surface area contributed by atoms with E-state index in [0.717, 1.165) is 45.7 Å². The summed E-state index contributed by atoms with van der Waals surface area (Å²) in [4.78, 5) is 2.60. The number of nitrogens with zero attached hydrogens (tertiary/aromatic N) is 2. The molecular weight excluding hydrogens is 264 g/mol. The van der Waals surface area contributed by atoms with Gasteiger partial charge in [-0.1, -0.05) is 18.2 Å². The number of benzene rings is 1. The third-order valence-electron chi connectivity index (χ3n) is 5.33. The van der Waals surface area contributed by atoms with Crippen molar-refractivity contribution < 1.29 is 9.47 Å². The second kappa shape index (κ2) is 4.32. The van der Waals surface area contributed by atoms with Crippen LogP contribution in [0.3, 0.4) is 0 Å². The zero-order chi connectivity index (χ0) is 13.9. The van der Waals surface area contributed by atoms with E-state index in [4.69, 9.17) is 9.47 Å². The zero-order valence-electron chi connectivity index (χ0n) is 12.1. The van der Waals surface area contributed by atoms with Gasteiger partial charge in [0, 0.05) is 43.7 Å². The third-order valence-corrected chi connectivity index (χ3v) is 5.33. The average molecular weight is 284 g/mol. The van der Waals surface area contributed by atoms with Crippen molar-refractivity contribution in [3.63, 3.8) is 0 Å². The highest BCUT2D eigenvalue weighted by Crippen LogP contribution is 2.44. The zero-order valence-corrected chi connectivity index (χ0v) is 12.1. The van der Waals surface area contributed by atoms with E-state index in [1.165, 1.54) is 16.6 Å². The highest BCUT2D eigenvalue weighted by Gasteiger charge is 2.46. The number of piperidine rings is 1. The molecule has 1 aromatic heterocycles. The van der Waals surface area contributed by atoms with E-state index in [2.05, 4.69) is 39.8 Å². The average Bonchev–Trinajstić information content (AvgIpc) is 3.12. The summed E-state index contributed by atoms with van der Waals surface area (Å²) in [5.74, 6) is -0.320. The van der Waals surface area contributed by atoms with Gasteiger partial charge in [-0.2, -0.15) is 0 Å². The van der Waals surface area contributed by atoms with Gasteiger partial charge in [-0.3, -0.25) is 4.90 Å². The predicted octanol–water partition coefficient (Wildman–Crippen LogP) is 2.53. The maximum Gasteiger partial charge on any atom is 0.171 e. The summed E-state index contributed by atoms with van der Waals surface area (Å²) in [6.45, 7) is 4.79. The van der Waals surface area contributed by atoms with E-state index >= 15 is 0 Å². The highest BCUT2D eigenvalue weighted by molar-refractivity contribution is 5.81. The normalized spacial score (nSPS) is 27.9. The van der Waals surface area contributed by atoms with Crippen molar-refractivity contribution in [2.24, 2.45) is 0 Å². The quantitative estimate of drug-likeness (QED) is 0.744. The summed E-state index contributed by atoms with van der Waals surface area (Å²) in [6, 6.07) is 11.5. The van der Waals surface area contributed by atoms with E-state index in [0.29, 0.717) is 6.04 Å². The number of rotatable bonds is 0. The van der Waals surface area contributed by atoms with Gasteiger partial charge in [-0.15, -0.1) is 0 Å². The van der Waals surface area contributed by atoms with Gasteiger partial charge < -0.3 is 14.0 Å². The van der Waals surface area contributed by atoms with Crippen LogP contribution >= 0.6 is 0 Å². The number of ether oxygens (including phenoxy) is 2. The summed E-state index contributed by atoms with van der Waals surface area (Å²) in [6.07, 6.45) is 1.97. The Morgan fingerprint density at radius 2 is 1.90 bits per heavy atom. The Kier molecular flexibility index (Phi) is 2.51. The van der Waals surface area contributed by atoms with Crippen LogP contribution in [0.4, 0.5) is 0 Å². The minimum Gasteiger partial charge on any atom is -0.347 e. The van der Waals surface area contributed by atoms with Gasteiger partial charge in [0.15, 0.2) is 5.79 Å². The Morgan fingerprint density at radius 1 is 1.05 bits per heavy atom. The van der Waals surface area contributed by atoms with Gasteiger partial charge in [0.05, 0.1) is 19.3 Å². The molecule has 3 aliphatic rings. The lowest BCUT2D eigenvalue weighted by Gasteiger charge is -2.46. The molecule has 2 saturated heterocycles. The number of hydrogen-bond donors (Lipinski definition) is 0. The Balaban J connectivity index is 1.60. The largest absolute Gasteiger partial charge is 0.347 e. The molecular formula is C17H20N2O2. The smallest absolute Gasteiger partial charge is 0.171 e. The maximum absolute atomic E-state index is 5.96. The van der Waals surface area contributed by atoms with Gasteiger partial charge in [0.25, 0.3) is 0 Å². The van der Waals surface area contributed by atoms with E-state index in [1.807, 2.05) is 0 Å². The van der Waals surface area contributed by atoms with Crippen molar-refractivity contribution in [2.75, 3.05) is 26.3 Å². The monoisotopic (exact) mass is 284 g/mol. The summed E-state index contributed by atoms with van der Waals surface area (Å²) < 4.78 is 14.4. The number of para-hydroxylation sites is 1. The highest BCUT2D eigenvalue weighted by atomic mass is 16.7. The van der Waals surface area contributed by atoms with Crippen LogP contribution in [0.1, 0.15) is 24.6 Å². The van der Waals surface area contributed by atoms with Crippen LogP contribution in [0.2, 0.25) is 0 Å². The Hall–Kier alpha value is -1.36. The molecule has 2 aromatic rings. The molecule has 3 aliphatic heterocycles. The van der Waals surface area contributed by atoms with Crippen LogP contribution in [0.15, 0.2) is 30.3 Å². The molecule has 0 amide bonds. The topological polar surface area (TPSA) is 26.6 Å². The molecule has 5 rings (SSSR count). The van der Waals surface area contributed by atoms with Crippen molar-refractivity contribution >= 4 is 10.9 Å². The molecule has 0 radical (unpaired) electrons. The van der Waals surface area contributed by atoms with Gasteiger partial charge >= 0.3 is 0 Å². The first kappa shape index (κ1) is 12.2. The first-order valence-electron chi connectivity index (χ1n) is 7.95. The summed E-state index contributed by atoms with van der Waals surface area (Å²) in [7, 11) is 0. The fraction of sp³-hybridized carbons (Fsp3) is 0.529. The maximum atomic E-state index is 5.96. The third kappa shape index (κ3) is 1.73. The van der Waals surface area contributed by atoms with E-state index in [-0.39, 0.29) is 5.79 Å². The Morgan fingerprint density at radius 3 is 2.81 bits per heavy atom. The van der Waals surface area contributed by atoms with Crippen molar-refractivity contribution in [1.29, 1.82) is 0 Å². The lowest BCUT2D eigenvalue weighted by Crippen LogP contribution is -2.50. The van der Waals surface area contributed by atoms with Crippen LogP contribution in [0, 0.1) is 0 Å². The van der Waals surface area contributed by atoms with Crippen molar-refractivity contribution in [1.82, 2.24) is 9.47 Å². The molecule has 4 nitrogen and oxygen atoms in total. The molecule has 0 bridgehead atoms. The molecule has 4 heteroatoms. The SMILES string of the molecule is c1ccc2c(c1)cc1n2CCN2CCC3(CC12)OCCO3. The van der Waals surface area contributed by atoms with E-state index in [9.17, 15) is 0 Å². The minimum absolute atomic E-state index is 0.320. The molecule has 21 heavy (non-hydrogen) atoms. The van der Waals surface area contributed by atoms with Crippen LogP contribution < -0.4 is 0 Å². The molecule has 1 spiro atoms. The second-order valence-electron chi connectivity index (χ2n) is 6.39. The number of fused-ring (bicyclic) bond motifs is 5. The van der Waals surface area contributed by atoms with E-state index in [1.54, 1.807) is 0 Å². The van der Waals surface area contributed by atoms with Crippen LogP contribution in [-0.2, 0) is 16.0 Å². The molecule has 4 heterocycles. The summed E-state index contributed by atoms with van der Waals surface area (Å²) >= 11 is 0. The second-order valence-corrected chi connectivity index (χ2v) is 6.39. The van der Waals surface area contributed by atoms with Crippen LogP contribution in [0.5, 0.6) is 0 Å².